The highest BCUT2D eigenvalue weighted by Gasteiger charge is 2.27. The minimum Gasteiger partial charge on any atom is -0.324 e. The van der Waals surface area contributed by atoms with E-state index in [1.807, 2.05) is 12.1 Å². The third-order valence-electron chi connectivity index (χ3n) is 4.13. The molecule has 19 heavy (non-hydrogen) atoms. The fourth-order valence-electron chi connectivity index (χ4n) is 3.04. The Morgan fingerprint density at radius 1 is 1.05 bits per heavy atom. The maximum atomic E-state index is 13.0. The molecule has 0 aromatic heterocycles. The van der Waals surface area contributed by atoms with Crippen LogP contribution in [-0.4, -0.2) is 0 Å². The Morgan fingerprint density at radius 2 is 1.74 bits per heavy atom. The van der Waals surface area contributed by atoms with Crippen molar-refractivity contribution in [2.75, 3.05) is 0 Å². The second kappa shape index (κ2) is 4.78. The van der Waals surface area contributed by atoms with E-state index in [0.717, 1.165) is 24.0 Å². The lowest BCUT2D eigenvalue weighted by Crippen LogP contribution is -2.05. The van der Waals surface area contributed by atoms with E-state index in [9.17, 15) is 4.39 Å². The highest BCUT2D eigenvalue weighted by atomic mass is 19.1. The third-order valence-corrected chi connectivity index (χ3v) is 4.13. The third kappa shape index (κ3) is 2.17. The van der Waals surface area contributed by atoms with Crippen molar-refractivity contribution in [3.8, 4) is 11.1 Å². The monoisotopic (exact) mass is 255 g/mol. The molecule has 2 aromatic carbocycles. The quantitative estimate of drug-likeness (QED) is 0.846. The van der Waals surface area contributed by atoms with Crippen LogP contribution in [0.1, 0.15) is 42.9 Å². The molecular formula is C17H18FN. The van der Waals surface area contributed by atoms with Crippen LogP contribution in [0.2, 0.25) is 0 Å². The van der Waals surface area contributed by atoms with Gasteiger partial charge in [-0.3, -0.25) is 0 Å². The van der Waals surface area contributed by atoms with Gasteiger partial charge in [0, 0.05) is 6.04 Å². The average Bonchev–Trinajstić information content (AvgIpc) is 2.76. The van der Waals surface area contributed by atoms with Crippen molar-refractivity contribution < 1.29 is 4.39 Å². The van der Waals surface area contributed by atoms with Crippen molar-refractivity contribution >= 4 is 0 Å². The second-order valence-electron chi connectivity index (χ2n) is 5.30. The molecule has 0 aliphatic heterocycles. The summed E-state index contributed by atoms with van der Waals surface area (Å²) >= 11 is 0. The standard InChI is InChI=1S/C17H18FN/c1-2-11-10-17(19)16-9-13(5-8-15(11)16)12-3-6-14(18)7-4-12/h3-9,11,17H,2,10,19H2,1H3/t11-,17+/m1/s1. The smallest absolute Gasteiger partial charge is 0.123 e. The van der Waals surface area contributed by atoms with Crippen LogP contribution in [0.3, 0.4) is 0 Å². The molecule has 2 heteroatoms. The van der Waals surface area contributed by atoms with E-state index < -0.39 is 0 Å². The number of benzene rings is 2. The zero-order valence-corrected chi connectivity index (χ0v) is 11.1. The molecule has 0 heterocycles. The van der Waals surface area contributed by atoms with Crippen LogP contribution in [-0.2, 0) is 0 Å². The first-order chi connectivity index (χ1) is 9.19. The lowest BCUT2D eigenvalue weighted by Gasteiger charge is -2.10. The van der Waals surface area contributed by atoms with Crippen molar-refractivity contribution in [1.29, 1.82) is 0 Å². The predicted octanol–water partition coefficient (Wildman–Crippen LogP) is 4.39. The van der Waals surface area contributed by atoms with E-state index in [1.165, 1.54) is 23.3 Å². The molecule has 2 aromatic rings. The van der Waals surface area contributed by atoms with Gasteiger partial charge >= 0.3 is 0 Å². The Balaban J connectivity index is 2.02. The predicted molar refractivity (Wildman–Crippen MR) is 76.4 cm³/mol. The van der Waals surface area contributed by atoms with Gasteiger partial charge in [-0.05, 0) is 59.2 Å². The Morgan fingerprint density at radius 3 is 2.42 bits per heavy atom. The summed E-state index contributed by atoms with van der Waals surface area (Å²) in [6, 6.07) is 13.2. The fraction of sp³-hybridized carbons (Fsp3) is 0.294. The Labute approximate surface area is 113 Å². The lowest BCUT2D eigenvalue weighted by molar-refractivity contribution is 0.589. The van der Waals surface area contributed by atoms with Gasteiger partial charge in [0.05, 0.1) is 0 Å². The summed E-state index contributed by atoms with van der Waals surface area (Å²) in [7, 11) is 0. The van der Waals surface area contributed by atoms with Crippen LogP contribution in [0.5, 0.6) is 0 Å². The molecule has 1 aliphatic rings. The number of hydrogen-bond donors (Lipinski definition) is 1. The molecule has 2 atom stereocenters. The summed E-state index contributed by atoms with van der Waals surface area (Å²) in [5.41, 5.74) is 11.0. The highest BCUT2D eigenvalue weighted by molar-refractivity contribution is 5.65. The van der Waals surface area contributed by atoms with E-state index in [-0.39, 0.29) is 11.9 Å². The maximum absolute atomic E-state index is 13.0. The molecular weight excluding hydrogens is 237 g/mol. The van der Waals surface area contributed by atoms with Crippen molar-refractivity contribution in [2.24, 2.45) is 5.73 Å². The zero-order chi connectivity index (χ0) is 13.4. The van der Waals surface area contributed by atoms with Crippen molar-refractivity contribution in [1.82, 2.24) is 0 Å². The van der Waals surface area contributed by atoms with Crippen LogP contribution < -0.4 is 5.73 Å². The van der Waals surface area contributed by atoms with Crippen LogP contribution in [0.4, 0.5) is 4.39 Å². The minimum absolute atomic E-state index is 0.139. The summed E-state index contributed by atoms with van der Waals surface area (Å²) in [5.74, 6) is 0.389. The van der Waals surface area contributed by atoms with Gasteiger partial charge in [0.2, 0.25) is 0 Å². The van der Waals surface area contributed by atoms with Gasteiger partial charge in [0.15, 0.2) is 0 Å². The Hall–Kier alpha value is -1.67. The van der Waals surface area contributed by atoms with Crippen molar-refractivity contribution in [2.45, 2.75) is 31.7 Å². The van der Waals surface area contributed by atoms with Gasteiger partial charge in [-0.2, -0.15) is 0 Å². The largest absolute Gasteiger partial charge is 0.324 e. The van der Waals surface area contributed by atoms with Gasteiger partial charge in [0.1, 0.15) is 5.82 Å². The normalized spacial score (nSPS) is 21.4. The van der Waals surface area contributed by atoms with Crippen LogP contribution >= 0.6 is 0 Å². The molecule has 0 fully saturated rings. The first-order valence-corrected chi connectivity index (χ1v) is 6.84. The average molecular weight is 255 g/mol. The zero-order valence-electron chi connectivity index (χ0n) is 11.1. The van der Waals surface area contributed by atoms with Crippen LogP contribution in [0.15, 0.2) is 42.5 Å². The SMILES string of the molecule is CC[C@@H]1C[C@H](N)c2cc(-c3ccc(F)cc3)ccc21. The van der Waals surface area contributed by atoms with Gasteiger partial charge in [-0.25, -0.2) is 4.39 Å². The molecule has 1 aliphatic carbocycles. The maximum Gasteiger partial charge on any atom is 0.123 e. The van der Waals surface area contributed by atoms with E-state index in [4.69, 9.17) is 5.73 Å². The first-order valence-electron chi connectivity index (χ1n) is 6.84. The number of rotatable bonds is 2. The summed E-state index contributed by atoms with van der Waals surface area (Å²) < 4.78 is 13.0. The second-order valence-corrected chi connectivity index (χ2v) is 5.30. The molecule has 3 rings (SSSR count). The number of halogens is 1. The Bertz CT molecular complexity index is 589. The summed E-state index contributed by atoms with van der Waals surface area (Å²) in [5, 5.41) is 0. The summed E-state index contributed by atoms with van der Waals surface area (Å²) in [6.07, 6.45) is 2.18. The molecule has 1 nitrogen and oxygen atoms in total. The lowest BCUT2D eigenvalue weighted by atomic mass is 9.96. The van der Waals surface area contributed by atoms with Gasteiger partial charge in [-0.1, -0.05) is 31.2 Å². The number of hydrogen-bond acceptors (Lipinski definition) is 1. The molecule has 0 saturated carbocycles. The molecule has 98 valence electrons. The van der Waals surface area contributed by atoms with Crippen molar-refractivity contribution in [3.63, 3.8) is 0 Å². The summed E-state index contributed by atoms with van der Waals surface area (Å²) in [4.78, 5) is 0. The first kappa shape index (κ1) is 12.4. The highest BCUT2D eigenvalue weighted by Crippen LogP contribution is 2.42. The van der Waals surface area contributed by atoms with Gasteiger partial charge in [0.25, 0.3) is 0 Å². The topological polar surface area (TPSA) is 26.0 Å². The number of fused-ring (bicyclic) bond motifs is 1. The van der Waals surface area contributed by atoms with E-state index >= 15 is 0 Å². The van der Waals surface area contributed by atoms with Crippen LogP contribution in [0.25, 0.3) is 11.1 Å². The molecule has 0 amide bonds. The summed E-state index contributed by atoms with van der Waals surface area (Å²) in [6.45, 7) is 2.21. The van der Waals surface area contributed by atoms with Crippen molar-refractivity contribution in [3.05, 3.63) is 59.4 Å². The van der Waals surface area contributed by atoms with Gasteiger partial charge < -0.3 is 5.73 Å². The fourth-order valence-corrected chi connectivity index (χ4v) is 3.04. The minimum atomic E-state index is -0.201. The van der Waals surface area contributed by atoms with E-state index in [2.05, 4.69) is 25.1 Å². The molecule has 0 spiro atoms. The molecule has 0 bridgehead atoms. The molecule has 0 unspecified atom stereocenters. The molecule has 2 N–H and O–H groups in total. The van der Waals surface area contributed by atoms with E-state index in [1.54, 1.807) is 0 Å². The van der Waals surface area contributed by atoms with Crippen LogP contribution in [0, 0.1) is 5.82 Å². The Kier molecular flexibility index (Phi) is 3.11. The van der Waals surface area contributed by atoms with Gasteiger partial charge in [-0.15, -0.1) is 0 Å². The van der Waals surface area contributed by atoms with E-state index in [0.29, 0.717) is 5.92 Å². The molecule has 0 radical (unpaired) electrons. The number of nitrogens with two attached hydrogens (primary N) is 1. The molecule has 0 saturated heterocycles.